The van der Waals surface area contributed by atoms with Crippen LogP contribution in [0.3, 0.4) is 0 Å². The van der Waals surface area contributed by atoms with Gasteiger partial charge in [0.05, 0.1) is 17.4 Å². The van der Waals surface area contributed by atoms with E-state index < -0.39 is 10.0 Å². The second-order valence-corrected chi connectivity index (χ2v) is 6.47. The minimum atomic E-state index is -3.44. The fraction of sp³-hybridized carbons (Fsp3) is 0.500. The first-order chi connectivity index (χ1) is 8.97. The summed E-state index contributed by atoms with van der Waals surface area (Å²) in [6.07, 6.45) is 1.88. The fourth-order valence-corrected chi connectivity index (χ4v) is 3.54. The molecule has 0 bridgehead atoms. The van der Waals surface area contributed by atoms with Crippen LogP contribution in [0.2, 0.25) is 0 Å². The topological polar surface area (TPSA) is 61.2 Å². The molecule has 0 amide bonds. The summed E-state index contributed by atoms with van der Waals surface area (Å²) < 4.78 is 26.3. The summed E-state index contributed by atoms with van der Waals surface area (Å²) in [4.78, 5) is 0.281. The monoisotopic (exact) mass is 280 g/mol. The van der Waals surface area contributed by atoms with E-state index in [0.717, 1.165) is 18.4 Å². The lowest BCUT2D eigenvalue weighted by atomic mass is 10.2. The summed E-state index contributed by atoms with van der Waals surface area (Å²) in [5, 5.41) is 8.60. The zero-order chi connectivity index (χ0) is 14.5. The average molecular weight is 280 g/mol. The average Bonchev–Trinajstić information content (AvgIpc) is 2.41. The summed E-state index contributed by atoms with van der Waals surface area (Å²) in [7, 11) is -1.82. The van der Waals surface area contributed by atoms with Crippen molar-refractivity contribution in [2.45, 2.75) is 44.0 Å². The Morgan fingerprint density at radius 1 is 1.21 bits per heavy atom. The third-order valence-electron chi connectivity index (χ3n) is 3.34. The highest BCUT2D eigenvalue weighted by atomic mass is 32.2. The highest BCUT2D eigenvalue weighted by Crippen LogP contribution is 2.20. The van der Waals surface area contributed by atoms with Gasteiger partial charge in [0, 0.05) is 13.1 Å². The van der Waals surface area contributed by atoms with Crippen LogP contribution in [0.1, 0.15) is 32.3 Å². The van der Waals surface area contributed by atoms with E-state index in [1.165, 1.54) is 4.31 Å². The molecule has 19 heavy (non-hydrogen) atoms. The van der Waals surface area contributed by atoms with Gasteiger partial charge in [0.1, 0.15) is 0 Å². The molecule has 1 rings (SSSR count). The van der Waals surface area contributed by atoms with Gasteiger partial charge in [-0.1, -0.05) is 26.0 Å². The SMILES string of the molecule is CCC(CC)N(C)S(=O)(=O)c1ccc(CC#N)cc1. The van der Waals surface area contributed by atoms with Crippen LogP contribution >= 0.6 is 0 Å². The van der Waals surface area contributed by atoms with Crippen molar-refractivity contribution < 1.29 is 8.42 Å². The molecule has 0 saturated heterocycles. The van der Waals surface area contributed by atoms with Gasteiger partial charge in [0.15, 0.2) is 0 Å². The van der Waals surface area contributed by atoms with E-state index in [9.17, 15) is 8.42 Å². The maximum absolute atomic E-state index is 12.4. The Morgan fingerprint density at radius 2 is 1.74 bits per heavy atom. The van der Waals surface area contributed by atoms with E-state index in [2.05, 4.69) is 0 Å². The number of sulfonamides is 1. The molecule has 5 heteroatoms. The van der Waals surface area contributed by atoms with Crippen molar-refractivity contribution in [3.05, 3.63) is 29.8 Å². The minimum Gasteiger partial charge on any atom is -0.207 e. The summed E-state index contributed by atoms with van der Waals surface area (Å²) in [5.41, 5.74) is 0.826. The number of hydrogen-bond donors (Lipinski definition) is 0. The Hall–Kier alpha value is -1.38. The quantitative estimate of drug-likeness (QED) is 0.804. The molecule has 0 N–H and O–H groups in total. The van der Waals surface area contributed by atoms with Crippen LogP contribution in [-0.4, -0.2) is 25.8 Å². The van der Waals surface area contributed by atoms with Crippen LogP contribution in [-0.2, 0) is 16.4 Å². The normalized spacial score (nSPS) is 11.8. The third kappa shape index (κ3) is 3.55. The van der Waals surface area contributed by atoms with Crippen LogP contribution in [0.25, 0.3) is 0 Å². The first-order valence-corrected chi connectivity index (χ1v) is 7.85. The largest absolute Gasteiger partial charge is 0.243 e. The van der Waals surface area contributed by atoms with Crippen molar-refractivity contribution in [1.29, 1.82) is 5.26 Å². The van der Waals surface area contributed by atoms with Crippen LogP contribution in [0, 0.1) is 11.3 Å². The summed E-state index contributed by atoms with van der Waals surface area (Å²) in [6, 6.07) is 8.58. The second kappa shape index (κ2) is 6.69. The lowest BCUT2D eigenvalue weighted by Crippen LogP contribution is -2.36. The van der Waals surface area contributed by atoms with E-state index >= 15 is 0 Å². The zero-order valence-electron chi connectivity index (χ0n) is 11.6. The lowest BCUT2D eigenvalue weighted by Gasteiger charge is -2.25. The predicted octanol–water partition coefficient (Wildman–Crippen LogP) is 2.56. The molecule has 1 aromatic carbocycles. The molecule has 0 atom stereocenters. The maximum Gasteiger partial charge on any atom is 0.243 e. The van der Waals surface area contributed by atoms with Crippen molar-refractivity contribution in [2.75, 3.05) is 7.05 Å². The molecule has 0 saturated carbocycles. The van der Waals surface area contributed by atoms with Gasteiger partial charge in [-0.3, -0.25) is 0 Å². The number of nitriles is 1. The molecule has 4 nitrogen and oxygen atoms in total. The number of rotatable bonds is 6. The van der Waals surface area contributed by atoms with Crippen LogP contribution in [0.4, 0.5) is 0 Å². The molecule has 0 aliphatic heterocycles. The van der Waals surface area contributed by atoms with E-state index in [1.54, 1.807) is 31.3 Å². The number of benzene rings is 1. The minimum absolute atomic E-state index is 0.0174. The van der Waals surface area contributed by atoms with Gasteiger partial charge in [-0.15, -0.1) is 0 Å². The molecule has 0 spiro atoms. The molecule has 0 aliphatic carbocycles. The Kier molecular flexibility index (Phi) is 5.52. The Bertz CT molecular complexity index is 540. The second-order valence-electron chi connectivity index (χ2n) is 4.47. The van der Waals surface area contributed by atoms with Gasteiger partial charge >= 0.3 is 0 Å². The highest BCUT2D eigenvalue weighted by molar-refractivity contribution is 7.89. The van der Waals surface area contributed by atoms with Gasteiger partial charge in [-0.25, -0.2) is 8.42 Å². The molecule has 0 aliphatic rings. The van der Waals surface area contributed by atoms with Crippen LogP contribution in [0.5, 0.6) is 0 Å². The predicted molar refractivity (Wildman–Crippen MR) is 75.1 cm³/mol. The van der Waals surface area contributed by atoms with Crippen molar-refractivity contribution in [1.82, 2.24) is 4.31 Å². The third-order valence-corrected chi connectivity index (χ3v) is 5.26. The van der Waals surface area contributed by atoms with E-state index in [4.69, 9.17) is 5.26 Å². The van der Waals surface area contributed by atoms with Crippen LogP contribution in [0.15, 0.2) is 29.2 Å². The molecule has 0 radical (unpaired) electrons. The first-order valence-electron chi connectivity index (χ1n) is 6.41. The molecule has 1 aromatic rings. The molecule has 0 fully saturated rings. The van der Waals surface area contributed by atoms with E-state index in [0.29, 0.717) is 6.42 Å². The smallest absolute Gasteiger partial charge is 0.207 e. The first kappa shape index (κ1) is 15.7. The Morgan fingerprint density at radius 3 is 2.16 bits per heavy atom. The van der Waals surface area contributed by atoms with E-state index in [-0.39, 0.29) is 10.9 Å². The molecule has 0 unspecified atom stereocenters. The molecule has 0 heterocycles. The number of nitrogens with zero attached hydrogens (tertiary/aromatic N) is 2. The Labute approximate surface area is 115 Å². The van der Waals surface area contributed by atoms with Gasteiger partial charge in [-0.2, -0.15) is 9.57 Å². The summed E-state index contributed by atoms with van der Waals surface area (Å²) >= 11 is 0. The van der Waals surface area contributed by atoms with Crippen molar-refractivity contribution in [3.8, 4) is 6.07 Å². The molecule has 104 valence electrons. The summed E-state index contributed by atoms with van der Waals surface area (Å²) in [6.45, 7) is 3.96. The van der Waals surface area contributed by atoms with Crippen LogP contribution < -0.4 is 0 Å². The van der Waals surface area contributed by atoms with Gasteiger partial charge in [0.25, 0.3) is 0 Å². The van der Waals surface area contributed by atoms with E-state index in [1.807, 2.05) is 19.9 Å². The van der Waals surface area contributed by atoms with Crippen molar-refractivity contribution >= 4 is 10.0 Å². The Balaban J connectivity index is 3.03. The van der Waals surface area contributed by atoms with Gasteiger partial charge < -0.3 is 0 Å². The zero-order valence-corrected chi connectivity index (χ0v) is 12.4. The molecular weight excluding hydrogens is 260 g/mol. The number of hydrogen-bond acceptors (Lipinski definition) is 3. The fourth-order valence-electron chi connectivity index (χ4n) is 2.04. The van der Waals surface area contributed by atoms with Gasteiger partial charge in [0.2, 0.25) is 10.0 Å². The standard InChI is InChI=1S/C14H20N2O2S/c1-4-13(5-2)16(3)19(17,18)14-8-6-12(7-9-14)10-11-15/h6-9,13H,4-5,10H2,1-3H3. The lowest BCUT2D eigenvalue weighted by molar-refractivity contribution is 0.349. The van der Waals surface area contributed by atoms with Crippen molar-refractivity contribution in [2.24, 2.45) is 0 Å². The van der Waals surface area contributed by atoms with Crippen molar-refractivity contribution in [3.63, 3.8) is 0 Å². The molecule has 0 aromatic heterocycles. The van der Waals surface area contributed by atoms with Gasteiger partial charge in [-0.05, 0) is 30.5 Å². The molecular formula is C14H20N2O2S. The summed E-state index contributed by atoms with van der Waals surface area (Å²) in [5.74, 6) is 0. The maximum atomic E-state index is 12.4. The highest BCUT2D eigenvalue weighted by Gasteiger charge is 2.25.